The molecule has 1 aliphatic heterocycles. The number of aromatic amines is 1. The van der Waals surface area contributed by atoms with E-state index in [0.717, 1.165) is 18.8 Å². The molecule has 84 valence electrons. The van der Waals surface area contributed by atoms with Crippen LogP contribution >= 0.6 is 0 Å². The van der Waals surface area contributed by atoms with Gasteiger partial charge in [0.05, 0.1) is 12.5 Å². The van der Waals surface area contributed by atoms with Crippen molar-refractivity contribution < 1.29 is 0 Å². The zero-order valence-corrected chi connectivity index (χ0v) is 9.10. The van der Waals surface area contributed by atoms with Crippen molar-refractivity contribution >= 4 is 5.52 Å². The molecule has 3 rings (SSSR count). The number of H-pyrrole nitrogens is 1. The molecule has 0 spiro atoms. The van der Waals surface area contributed by atoms with Crippen LogP contribution in [0.3, 0.4) is 0 Å². The number of imidazole rings is 1. The molecule has 0 aliphatic carbocycles. The first kappa shape index (κ1) is 9.59. The van der Waals surface area contributed by atoms with Gasteiger partial charge in [0.15, 0.2) is 0 Å². The second-order valence-electron chi connectivity index (χ2n) is 4.47. The van der Waals surface area contributed by atoms with Crippen LogP contribution in [0.5, 0.6) is 0 Å². The Hall–Kier alpha value is -1.62. The molecule has 0 saturated carbocycles. The van der Waals surface area contributed by atoms with Gasteiger partial charge in [-0.15, -0.1) is 0 Å². The highest BCUT2D eigenvalue weighted by atomic mass is 16.1. The molecule has 0 amide bonds. The third-order valence-electron chi connectivity index (χ3n) is 3.35. The molecule has 0 aromatic carbocycles. The van der Waals surface area contributed by atoms with Crippen LogP contribution in [0.4, 0.5) is 0 Å². The van der Waals surface area contributed by atoms with Gasteiger partial charge >= 0.3 is 0 Å². The SMILES string of the molecule is C[C@@H]1CNC[C@H]1c1cn2cncc2c(=O)[nH]1. The van der Waals surface area contributed by atoms with E-state index in [4.69, 9.17) is 0 Å². The minimum Gasteiger partial charge on any atom is -0.323 e. The van der Waals surface area contributed by atoms with E-state index in [0.29, 0.717) is 17.4 Å². The first-order valence-electron chi connectivity index (χ1n) is 5.51. The zero-order chi connectivity index (χ0) is 11.1. The van der Waals surface area contributed by atoms with Gasteiger partial charge < -0.3 is 10.3 Å². The highest BCUT2D eigenvalue weighted by molar-refractivity contribution is 5.42. The second-order valence-corrected chi connectivity index (χ2v) is 4.47. The van der Waals surface area contributed by atoms with Crippen molar-refractivity contribution in [1.29, 1.82) is 0 Å². The van der Waals surface area contributed by atoms with E-state index >= 15 is 0 Å². The lowest BCUT2D eigenvalue weighted by molar-refractivity contribution is 0.556. The van der Waals surface area contributed by atoms with E-state index in [1.807, 2.05) is 6.20 Å². The highest BCUT2D eigenvalue weighted by Gasteiger charge is 2.25. The third-order valence-corrected chi connectivity index (χ3v) is 3.35. The van der Waals surface area contributed by atoms with Gasteiger partial charge in [-0.05, 0) is 12.5 Å². The van der Waals surface area contributed by atoms with Gasteiger partial charge in [-0.1, -0.05) is 6.92 Å². The normalized spacial score (nSPS) is 25.3. The number of hydrogen-bond acceptors (Lipinski definition) is 3. The molecule has 16 heavy (non-hydrogen) atoms. The smallest absolute Gasteiger partial charge is 0.274 e. The Kier molecular flexibility index (Phi) is 2.07. The van der Waals surface area contributed by atoms with E-state index in [1.54, 1.807) is 16.9 Å². The van der Waals surface area contributed by atoms with Crippen molar-refractivity contribution in [1.82, 2.24) is 19.7 Å². The molecular weight excluding hydrogens is 204 g/mol. The number of fused-ring (bicyclic) bond motifs is 1. The van der Waals surface area contributed by atoms with Crippen LogP contribution in [-0.4, -0.2) is 27.5 Å². The summed E-state index contributed by atoms with van der Waals surface area (Å²) in [4.78, 5) is 18.7. The van der Waals surface area contributed by atoms with Crippen molar-refractivity contribution in [3.63, 3.8) is 0 Å². The summed E-state index contributed by atoms with van der Waals surface area (Å²) in [5, 5.41) is 3.34. The highest BCUT2D eigenvalue weighted by Crippen LogP contribution is 2.25. The van der Waals surface area contributed by atoms with E-state index in [9.17, 15) is 4.79 Å². The molecular formula is C11H14N4O. The summed E-state index contributed by atoms with van der Waals surface area (Å²) in [5.74, 6) is 0.941. The lowest BCUT2D eigenvalue weighted by atomic mass is 9.95. The lowest BCUT2D eigenvalue weighted by Crippen LogP contribution is -2.18. The monoisotopic (exact) mass is 218 g/mol. The summed E-state index contributed by atoms with van der Waals surface area (Å²) in [6, 6.07) is 0. The van der Waals surface area contributed by atoms with Gasteiger partial charge in [0.25, 0.3) is 5.56 Å². The fraction of sp³-hybridized carbons (Fsp3) is 0.455. The van der Waals surface area contributed by atoms with Crippen molar-refractivity contribution in [2.75, 3.05) is 13.1 Å². The Bertz CT molecular complexity index is 571. The average Bonchev–Trinajstić information content (AvgIpc) is 2.85. The molecule has 3 heterocycles. The molecule has 5 nitrogen and oxygen atoms in total. The predicted octanol–water partition coefficient (Wildman–Crippen LogP) is 0.345. The Labute approximate surface area is 92.5 Å². The molecule has 0 unspecified atom stereocenters. The van der Waals surface area contributed by atoms with Gasteiger partial charge in [-0.25, -0.2) is 4.98 Å². The molecule has 2 aromatic rings. The van der Waals surface area contributed by atoms with Crippen molar-refractivity contribution in [3.8, 4) is 0 Å². The second kappa shape index (κ2) is 3.45. The van der Waals surface area contributed by atoms with Crippen LogP contribution in [0.25, 0.3) is 5.52 Å². The van der Waals surface area contributed by atoms with Crippen LogP contribution in [0.15, 0.2) is 23.5 Å². The Morgan fingerprint density at radius 1 is 1.50 bits per heavy atom. The summed E-state index contributed by atoms with van der Waals surface area (Å²) >= 11 is 0. The van der Waals surface area contributed by atoms with Crippen molar-refractivity contribution in [3.05, 3.63) is 34.8 Å². The molecule has 1 fully saturated rings. The van der Waals surface area contributed by atoms with Crippen LogP contribution in [0.1, 0.15) is 18.5 Å². The molecule has 1 saturated heterocycles. The predicted molar refractivity (Wildman–Crippen MR) is 60.6 cm³/mol. The number of nitrogens with zero attached hydrogens (tertiary/aromatic N) is 2. The van der Waals surface area contributed by atoms with E-state index in [1.165, 1.54) is 0 Å². The Morgan fingerprint density at radius 2 is 2.38 bits per heavy atom. The molecule has 1 aliphatic rings. The van der Waals surface area contributed by atoms with Crippen LogP contribution in [-0.2, 0) is 0 Å². The topological polar surface area (TPSA) is 62.2 Å². The summed E-state index contributed by atoms with van der Waals surface area (Å²) in [5.41, 5.74) is 1.53. The molecule has 2 N–H and O–H groups in total. The van der Waals surface area contributed by atoms with E-state index < -0.39 is 0 Å². The van der Waals surface area contributed by atoms with Crippen LogP contribution in [0, 0.1) is 5.92 Å². The van der Waals surface area contributed by atoms with Gasteiger partial charge in [0, 0.05) is 24.4 Å². The largest absolute Gasteiger partial charge is 0.323 e. The number of rotatable bonds is 1. The summed E-state index contributed by atoms with van der Waals surface area (Å²) < 4.78 is 1.79. The Balaban J connectivity index is 2.13. The summed E-state index contributed by atoms with van der Waals surface area (Å²) in [7, 11) is 0. The first-order valence-corrected chi connectivity index (χ1v) is 5.51. The van der Waals surface area contributed by atoms with Crippen LogP contribution in [0.2, 0.25) is 0 Å². The summed E-state index contributed by atoms with van der Waals surface area (Å²) in [6.45, 7) is 4.13. The third kappa shape index (κ3) is 1.36. The standard InChI is InChI=1S/C11H14N4O/c1-7-2-12-3-8(7)9-5-15-6-13-4-10(15)11(16)14-9/h4-8,12H,2-3H2,1H3,(H,14,16)/t7-,8-/m1/s1. The van der Waals surface area contributed by atoms with Gasteiger partial charge in [0.1, 0.15) is 5.52 Å². The number of hydrogen-bond donors (Lipinski definition) is 2. The number of aromatic nitrogens is 3. The molecule has 0 bridgehead atoms. The van der Waals surface area contributed by atoms with Gasteiger partial charge in [-0.3, -0.25) is 9.20 Å². The van der Waals surface area contributed by atoms with E-state index in [2.05, 4.69) is 22.2 Å². The quantitative estimate of drug-likeness (QED) is 0.725. The lowest BCUT2D eigenvalue weighted by Gasteiger charge is -2.14. The maximum atomic E-state index is 11.8. The van der Waals surface area contributed by atoms with Crippen molar-refractivity contribution in [2.45, 2.75) is 12.8 Å². The van der Waals surface area contributed by atoms with Crippen LogP contribution < -0.4 is 10.9 Å². The fourth-order valence-electron chi connectivity index (χ4n) is 2.38. The number of nitrogens with one attached hydrogen (secondary N) is 2. The van der Waals surface area contributed by atoms with Gasteiger partial charge in [-0.2, -0.15) is 0 Å². The maximum absolute atomic E-state index is 11.8. The molecule has 0 radical (unpaired) electrons. The van der Waals surface area contributed by atoms with Gasteiger partial charge in [0.2, 0.25) is 0 Å². The minimum absolute atomic E-state index is 0.0610. The fourth-order valence-corrected chi connectivity index (χ4v) is 2.38. The molecule has 5 heteroatoms. The zero-order valence-electron chi connectivity index (χ0n) is 9.10. The maximum Gasteiger partial charge on any atom is 0.274 e. The molecule has 2 atom stereocenters. The van der Waals surface area contributed by atoms with E-state index in [-0.39, 0.29) is 5.56 Å². The van der Waals surface area contributed by atoms with Crippen molar-refractivity contribution in [2.24, 2.45) is 5.92 Å². The minimum atomic E-state index is -0.0610. The molecule has 2 aromatic heterocycles. The first-order chi connectivity index (χ1) is 7.75. The Morgan fingerprint density at radius 3 is 3.12 bits per heavy atom. The summed E-state index contributed by atoms with van der Waals surface area (Å²) in [6.07, 6.45) is 5.22. The average molecular weight is 218 g/mol.